The maximum absolute atomic E-state index is 5.89. The van der Waals surface area contributed by atoms with Crippen LogP contribution >= 0.6 is 0 Å². The van der Waals surface area contributed by atoms with E-state index in [1.165, 1.54) is 43.0 Å². The number of likely N-dealkylation sites (tertiary alicyclic amines) is 1. The van der Waals surface area contributed by atoms with Crippen LogP contribution in [0.15, 0.2) is 36.4 Å². The van der Waals surface area contributed by atoms with Crippen molar-refractivity contribution >= 4 is 11.4 Å². The summed E-state index contributed by atoms with van der Waals surface area (Å²) in [5.74, 6) is 2.53. The summed E-state index contributed by atoms with van der Waals surface area (Å²) in [7, 11) is 2.23. The zero-order chi connectivity index (χ0) is 20.1. The number of benzene rings is 2. The molecule has 158 valence electrons. The molecule has 0 spiro atoms. The number of para-hydroxylation sites is 2. The first-order chi connectivity index (χ1) is 14.8. The van der Waals surface area contributed by atoms with E-state index in [2.05, 4.69) is 52.1 Å². The van der Waals surface area contributed by atoms with E-state index < -0.39 is 0 Å². The predicted octanol–water partition coefficient (Wildman–Crippen LogP) is 3.52. The fraction of sp³-hybridized carbons (Fsp3) is 0.520. The van der Waals surface area contributed by atoms with E-state index in [0.717, 1.165) is 37.4 Å². The number of rotatable bonds is 4. The van der Waals surface area contributed by atoms with Crippen LogP contribution in [0.2, 0.25) is 0 Å². The SMILES string of the molecule is CN1CCN2c3c(cccc31)[C@@H]1CN(CCCc3cccc4c3OCCO4)CC[C@@H]12. The molecule has 0 amide bonds. The average molecular weight is 406 g/mol. The molecule has 0 saturated carbocycles. The van der Waals surface area contributed by atoms with Gasteiger partial charge in [0.25, 0.3) is 0 Å². The van der Waals surface area contributed by atoms with Gasteiger partial charge in [-0.3, -0.25) is 0 Å². The van der Waals surface area contributed by atoms with Gasteiger partial charge in [-0.1, -0.05) is 24.3 Å². The molecule has 30 heavy (non-hydrogen) atoms. The molecular weight excluding hydrogens is 374 g/mol. The molecule has 0 aromatic heterocycles. The minimum atomic E-state index is 0.654. The Balaban J connectivity index is 1.13. The Kier molecular flexibility index (Phi) is 4.52. The summed E-state index contributed by atoms with van der Waals surface area (Å²) in [6.45, 7) is 7.17. The molecule has 0 N–H and O–H groups in total. The third kappa shape index (κ3) is 2.94. The first-order valence-electron chi connectivity index (χ1n) is 11.5. The molecule has 0 bridgehead atoms. The first kappa shape index (κ1) is 18.4. The zero-order valence-corrected chi connectivity index (χ0v) is 17.8. The summed E-state index contributed by atoms with van der Waals surface area (Å²) in [5.41, 5.74) is 5.82. The molecule has 6 rings (SSSR count). The van der Waals surface area contributed by atoms with E-state index in [9.17, 15) is 0 Å². The van der Waals surface area contributed by atoms with Crippen LogP contribution in [0.3, 0.4) is 0 Å². The van der Waals surface area contributed by atoms with Crippen molar-refractivity contribution in [1.82, 2.24) is 4.90 Å². The number of fused-ring (bicyclic) bond motifs is 4. The number of anilines is 2. The molecular formula is C25H31N3O2. The lowest BCUT2D eigenvalue weighted by Gasteiger charge is -2.41. The Hall–Kier alpha value is -2.40. The number of hydrogen-bond acceptors (Lipinski definition) is 5. The number of likely N-dealkylation sites (N-methyl/N-ethyl adjacent to an activating group) is 1. The van der Waals surface area contributed by atoms with Crippen molar-refractivity contribution in [2.24, 2.45) is 0 Å². The molecule has 1 saturated heterocycles. The quantitative estimate of drug-likeness (QED) is 0.776. The van der Waals surface area contributed by atoms with Crippen molar-refractivity contribution in [3.05, 3.63) is 47.5 Å². The molecule has 4 heterocycles. The van der Waals surface area contributed by atoms with Crippen LogP contribution in [0, 0.1) is 0 Å². The highest BCUT2D eigenvalue weighted by Gasteiger charge is 2.44. The average Bonchev–Trinajstić information content (AvgIpc) is 3.11. The van der Waals surface area contributed by atoms with E-state index in [4.69, 9.17) is 9.47 Å². The maximum Gasteiger partial charge on any atom is 0.164 e. The summed E-state index contributed by atoms with van der Waals surface area (Å²) in [6.07, 6.45) is 3.49. The lowest BCUT2D eigenvalue weighted by atomic mass is 9.89. The standard InChI is InChI=1S/C25H31N3O2/c1-26-13-14-28-21-10-12-27(17-20(21)19-7-3-8-22(26)24(19)28)11-4-6-18-5-2-9-23-25(18)30-16-15-29-23/h2-3,5,7-9,20-21H,4,6,10-17H2,1H3/t20-,21-/m0/s1. The van der Waals surface area contributed by atoms with Crippen LogP contribution in [-0.4, -0.2) is 63.9 Å². The summed E-state index contributed by atoms with van der Waals surface area (Å²) in [4.78, 5) is 7.84. The lowest BCUT2D eigenvalue weighted by Crippen LogP contribution is -2.49. The van der Waals surface area contributed by atoms with Gasteiger partial charge in [-0.05, 0) is 49.1 Å². The Morgan fingerprint density at radius 1 is 1.00 bits per heavy atom. The van der Waals surface area contributed by atoms with Gasteiger partial charge >= 0.3 is 0 Å². The van der Waals surface area contributed by atoms with E-state index >= 15 is 0 Å². The highest BCUT2D eigenvalue weighted by Crippen LogP contribution is 2.50. The Labute approximate surface area is 179 Å². The molecule has 4 aliphatic heterocycles. The second-order valence-corrected chi connectivity index (χ2v) is 9.14. The minimum Gasteiger partial charge on any atom is -0.486 e. The number of piperidine rings is 1. The molecule has 5 heteroatoms. The molecule has 5 nitrogen and oxygen atoms in total. The monoisotopic (exact) mass is 405 g/mol. The molecule has 2 atom stereocenters. The van der Waals surface area contributed by atoms with Crippen molar-refractivity contribution in [3.63, 3.8) is 0 Å². The summed E-state index contributed by atoms with van der Waals surface area (Å²) in [5, 5.41) is 0. The predicted molar refractivity (Wildman–Crippen MR) is 120 cm³/mol. The van der Waals surface area contributed by atoms with Crippen molar-refractivity contribution in [2.75, 3.05) is 62.8 Å². The fourth-order valence-electron chi connectivity index (χ4n) is 6.00. The second-order valence-electron chi connectivity index (χ2n) is 9.14. The van der Waals surface area contributed by atoms with Crippen LogP contribution in [0.1, 0.15) is 29.9 Å². The van der Waals surface area contributed by atoms with Crippen LogP contribution in [0.4, 0.5) is 11.4 Å². The van der Waals surface area contributed by atoms with E-state index in [0.29, 0.717) is 25.2 Å². The zero-order valence-electron chi connectivity index (χ0n) is 17.8. The number of aryl methyl sites for hydroxylation is 1. The number of nitrogens with zero attached hydrogens (tertiary/aromatic N) is 3. The summed E-state index contributed by atoms with van der Waals surface area (Å²) in [6, 6.07) is 13.9. The molecule has 0 unspecified atom stereocenters. The summed E-state index contributed by atoms with van der Waals surface area (Å²) >= 11 is 0. The number of ether oxygens (including phenoxy) is 2. The Morgan fingerprint density at radius 3 is 2.87 bits per heavy atom. The van der Waals surface area contributed by atoms with Crippen LogP contribution in [0.25, 0.3) is 0 Å². The van der Waals surface area contributed by atoms with Gasteiger partial charge in [-0.15, -0.1) is 0 Å². The van der Waals surface area contributed by atoms with Crippen molar-refractivity contribution in [2.45, 2.75) is 31.2 Å². The first-order valence-corrected chi connectivity index (χ1v) is 11.5. The topological polar surface area (TPSA) is 28.2 Å². The van der Waals surface area contributed by atoms with E-state index in [-0.39, 0.29) is 0 Å². The third-order valence-electron chi connectivity index (χ3n) is 7.45. The third-order valence-corrected chi connectivity index (χ3v) is 7.45. The van der Waals surface area contributed by atoms with Gasteiger partial charge in [-0.25, -0.2) is 0 Å². The van der Waals surface area contributed by atoms with Gasteiger partial charge in [0.1, 0.15) is 13.2 Å². The molecule has 1 fully saturated rings. The Bertz CT molecular complexity index is 946. The van der Waals surface area contributed by atoms with Crippen LogP contribution in [-0.2, 0) is 6.42 Å². The van der Waals surface area contributed by atoms with Crippen molar-refractivity contribution in [3.8, 4) is 11.5 Å². The van der Waals surface area contributed by atoms with Crippen LogP contribution < -0.4 is 19.3 Å². The minimum absolute atomic E-state index is 0.654. The fourth-order valence-corrected chi connectivity index (χ4v) is 6.00. The van der Waals surface area contributed by atoms with Gasteiger partial charge < -0.3 is 24.2 Å². The molecule has 0 aliphatic carbocycles. The summed E-state index contributed by atoms with van der Waals surface area (Å²) < 4.78 is 11.6. The second kappa shape index (κ2) is 7.38. The molecule has 4 aliphatic rings. The largest absolute Gasteiger partial charge is 0.486 e. The highest BCUT2D eigenvalue weighted by molar-refractivity contribution is 5.80. The van der Waals surface area contributed by atoms with E-state index in [1.54, 1.807) is 5.56 Å². The molecule has 0 radical (unpaired) electrons. The Morgan fingerprint density at radius 2 is 1.90 bits per heavy atom. The van der Waals surface area contributed by atoms with Gasteiger partial charge in [-0.2, -0.15) is 0 Å². The van der Waals surface area contributed by atoms with Crippen molar-refractivity contribution in [1.29, 1.82) is 0 Å². The van der Waals surface area contributed by atoms with Crippen molar-refractivity contribution < 1.29 is 9.47 Å². The molecule has 2 aromatic carbocycles. The molecule has 2 aromatic rings. The van der Waals surface area contributed by atoms with Gasteiger partial charge in [0.15, 0.2) is 11.5 Å². The maximum atomic E-state index is 5.89. The van der Waals surface area contributed by atoms with Crippen LogP contribution in [0.5, 0.6) is 11.5 Å². The normalized spacial score (nSPS) is 24.6. The van der Waals surface area contributed by atoms with Gasteiger partial charge in [0, 0.05) is 45.2 Å². The van der Waals surface area contributed by atoms with Gasteiger partial charge in [0.05, 0.1) is 11.4 Å². The number of hydrogen-bond donors (Lipinski definition) is 0. The highest BCUT2D eigenvalue weighted by atomic mass is 16.6. The smallest absolute Gasteiger partial charge is 0.164 e. The lowest BCUT2D eigenvalue weighted by molar-refractivity contribution is 0.169. The van der Waals surface area contributed by atoms with Gasteiger partial charge in [0.2, 0.25) is 0 Å². The van der Waals surface area contributed by atoms with E-state index in [1.807, 2.05) is 6.07 Å².